The first-order valence-corrected chi connectivity index (χ1v) is 11.2. The number of hydrogen-bond acceptors (Lipinski definition) is 5. The number of piperidine rings is 1. The second kappa shape index (κ2) is 9.65. The standard InChI is InChI=1S/C26H29FN2O4/c1-26(2,33-22-12-8-20(27)9-13-22)25(30)29-14-4-5-19(17-29)24-28-16-23(32-24)15-18-6-10-21(31-3)11-7-18/h6-13,16,19H,4-5,14-15,17H2,1-3H3. The molecule has 0 N–H and O–H groups in total. The van der Waals surface area contributed by atoms with Crippen LogP contribution in [0, 0.1) is 5.82 Å². The Kier molecular flexibility index (Phi) is 6.67. The molecule has 1 aliphatic rings. The van der Waals surface area contributed by atoms with Crippen LogP contribution in [0.1, 0.15) is 49.8 Å². The summed E-state index contributed by atoms with van der Waals surface area (Å²) in [5.41, 5.74) is 0.0363. The summed E-state index contributed by atoms with van der Waals surface area (Å²) in [5.74, 6) is 2.31. The molecule has 1 amide bonds. The van der Waals surface area contributed by atoms with E-state index in [1.165, 1.54) is 24.3 Å². The normalized spacial score (nSPS) is 16.5. The maximum absolute atomic E-state index is 13.2. The summed E-state index contributed by atoms with van der Waals surface area (Å²) in [6, 6.07) is 13.6. The van der Waals surface area contributed by atoms with E-state index >= 15 is 0 Å². The third-order valence-corrected chi connectivity index (χ3v) is 5.87. The fraction of sp³-hybridized carbons (Fsp3) is 0.385. The Morgan fingerprint density at radius 2 is 1.85 bits per heavy atom. The van der Waals surface area contributed by atoms with Crippen molar-refractivity contribution in [2.45, 2.75) is 44.6 Å². The number of halogens is 1. The Hall–Kier alpha value is -3.35. The van der Waals surface area contributed by atoms with Gasteiger partial charge in [-0.25, -0.2) is 9.37 Å². The molecular formula is C26H29FN2O4. The number of likely N-dealkylation sites (tertiary alicyclic amines) is 1. The van der Waals surface area contributed by atoms with Crippen molar-refractivity contribution < 1.29 is 23.1 Å². The molecule has 0 spiro atoms. The molecule has 7 heteroatoms. The van der Waals surface area contributed by atoms with Crippen LogP contribution in [0.25, 0.3) is 0 Å². The molecule has 3 aromatic rings. The Bertz CT molecular complexity index is 1080. The Morgan fingerprint density at radius 1 is 1.15 bits per heavy atom. The van der Waals surface area contributed by atoms with Gasteiger partial charge in [0.2, 0.25) is 0 Å². The second-order valence-electron chi connectivity index (χ2n) is 8.85. The first-order chi connectivity index (χ1) is 15.8. The predicted octanol–water partition coefficient (Wildman–Crippen LogP) is 4.98. The quantitative estimate of drug-likeness (QED) is 0.506. The van der Waals surface area contributed by atoms with E-state index in [0.717, 1.165) is 29.9 Å². The molecule has 2 aromatic carbocycles. The molecule has 0 radical (unpaired) electrons. The van der Waals surface area contributed by atoms with E-state index in [-0.39, 0.29) is 17.6 Å². The van der Waals surface area contributed by atoms with E-state index in [1.54, 1.807) is 27.2 Å². The van der Waals surface area contributed by atoms with Gasteiger partial charge in [-0.2, -0.15) is 0 Å². The lowest BCUT2D eigenvalue weighted by Gasteiger charge is -2.36. The minimum Gasteiger partial charge on any atom is -0.497 e. The van der Waals surface area contributed by atoms with Crippen LogP contribution in [-0.4, -0.2) is 41.6 Å². The number of hydrogen-bond donors (Lipinski definition) is 0. The molecule has 1 aromatic heterocycles. The predicted molar refractivity (Wildman–Crippen MR) is 122 cm³/mol. The van der Waals surface area contributed by atoms with E-state index in [4.69, 9.17) is 13.9 Å². The van der Waals surface area contributed by atoms with Crippen molar-refractivity contribution >= 4 is 5.91 Å². The van der Waals surface area contributed by atoms with Crippen LogP contribution in [0.5, 0.6) is 11.5 Å². The number of methoxy groups -OCH3 is 1. The molecule has 1 saturated heterocycles. The van der Waals surface area contributed by atoms with Crippen molar-refractivity contribution in [3.63, 3.8) is 0 Å². The average Bonchev–Trinajstić information content (AvgIpc) is 3.29. The zero-order valence-electron chi connectivity index (χ0n) is 19.2. The molecule has 0 aliphatic carbocycles. The molecule has 33 heavy (non-hydrogen) atoms. The number of rotatable bonds is 7. The minimum atomic E-state index is -1.07. The van der Waals surface area contributed by atoms with Gasteiger partial charge in [0.15, 0.2) is 11.5 Å². The number of aromatic nitrogens is 1. The lowest BCUT2D eigenvalue weighted by molar-refractivity contribution is -0.146. The first-order valence-electron chi connectivity index (χ1n) is 11.2. The van der Waals surface area contributed by atoms with Gasteiger partial charge in [-0.15, -0.1) is 0 Å². The molecular weight excluding hydrogens is 423 g/mol. The van der Waals surface area contributed by atoms with Gasteiger partial charge in [0.05, 0.1) is 19.2 Å². The number of ether oxygens (including phenoxy) is 2. The summed E-state index contributed by atoms with van der Waals surface area (Å²) in [4.78, 5) is 19.5. The highest BCUT2D eigenvalue weighted by Gasteiger charge is 2.37. The van der Waals surface area contributed by atoms with Crippen molar-refractivity contribution in [1.82, 2.24) is 9.88 Å². The lowest BCUT2D eigenvalue weighted by atomic mass is 9.96. The number of amides is 1. The van der Waals surface area contributed by atoms with E-state index in [0.29, 0.717) is 31.2 Å². The SMILES string of the molecule is COc1ccc(Cc2cnc(C3CCCN(C(=O)C(C)(C)Oc4ccc(F)cc4)C3)o2)cc1. The van der Waals surface area contributed by atoms with Gasteiger partial charge in [-0.05, 0) is 68.7 Å². The summed E-state index contributed by atoms with van der Waals surface area (Å²) < 4.78 is 30.3. The third-order valence-electron chi connectivity index (χ3n) is 5.87. The van der Waals surface area contributed by atoms with Crippen LogP contribution >= 0.6 is 0 Å². The summed E-state index contributed by atoms with van der Waals surface area (Å²) >= 11 is 0. The average molecular weight is 453 g/mol. The molecule has 0 bridgehead atoms. The first kappa shape index (κ1) is 22.8. The molecule has 6 nitrogen and oxygen atoms in total. The number of oxazole rings is 1. The van der Waals surface area contributed by atoms with Gasteiger partial charge in [0.1, 0.15) is 23.1 Å². The highest BCUT2D eigenvalue weighted by Crippen LogP contribution is 2.30. The van der Waals surface area contributed by atoms with E-state index in [1.807, 2.05) is 29.2 Å². The van der Waals surface area contributed by atoms with Crippen molar-refractivity contribution in [2.75, 3.05) is 20.2 Å². The smallest absolute Gasteiger partial charge is 0.266 e. The molecule has 1 unspecified atom stereocenters. The van der Waals surface area contributed by atoms with Gasteiger partial charge < -0.3 is 18.8 Å². The van der Waals surface area contributed by atoms with Crippen LogP contribution in [-0.2, 0) is 11.2 Å². The van der Waals surface area contributed by atoms with Gasteiger partial charge in [-0.3, -0.25) is 4.79 Å². The summed E-state index contributed by atoms with van der Waals surface area (Å²) in [6.45, 7) is 4.66. The zero-order valence-corrected chi connectivity index (χ0v) is 19.2. The number of benzene rings is 2. The van der Waals surface area contributed by atoms with Crippen molar-refractivity contribution in [3.8, 4) is 11.5 Å². The topological polar surface area (TPSA) is 64.8 Å². The molecule has 2 heterocycles. The summed E-state index contributed by atoms with van der Waals surface area (Å²) in [5, 5.41) is 0. The molecule has 0 saturated carbocycles. The van der Waals surface area contributed by atoms with Gasteiger partial charge in [-0.1, -0.05) is 12.1 Å². The van der Waals surface area contributed by atoms with Crippen LogP contribution in [0.3, 0.4) is 0 Å². The Morgan fingerprint density at radius 3 is 2.55 bits per heavy atom. The van der Waals surface area contributed by atoms with E-state index in [9.17, 15) is 9.18 Å². The molecule has 1 aliphatic heterocycles. The van der Waals surface area contributed by atoms with Crippen LogP contribution in [0.4, 0.5) is 4.39 Å². The van der Waals surface area contributed by atoms with Crippen molar-refractivity contribution in [2.24, 2.45) is 0 Å². The highest BCUT2D eigenvalue weighted by molar-refractivity contribution is 5.85. The van der Waals surface area contributed by atoms with E-state index < -0.39 is 5.60 Å². The number of nitrogens with zero attached hydrogens (tertiary/aromatic N) is 2. The summed E-state index contributed by atoms with van der Waals surface area (Å²) in [6.07, 6.45) is 4.18. The number of carbonyl (C=O) groups is 1. The zero-order chi connectivity index (χ0) is 23.4. The molecule has 1 fully saturated rings. The minimum absolute atomic E-state index is 0.0361. The van der Waals surface area contributed by atoms with Gasteiger partial charge >= 0.3 is 0 Å². The monoisotopic (exact) mass is 452 g/mol. The van der Waals surface area contributed by atoms with Crippen molar-refractivity contribution in [1.29, 1.82) is 0 Å². The van der Waals surface area contributed by atoms with Gasteiger partial charge in [0, 0.05) is 19.5 Å². The molecule has 174 valence electrons. The highest BCUT2D eigenvalue weighted by atomic mass is 19.1. The van der Waals surface area contributed by atoms with Gasteiger partial charge in [0.25, 0.3) is 5.91 Å². The fourth-order valence-electron chi connectivity index (χ4n) is 4.12. The Balaban J connectivity index is 1.39. The van der Waals surface area contributed by atoms with Crippen LogP contribution in [0.15, 0.2) is 59.1 Å². The van der Waals surface area contributed by atoms with Crippen LogP contribution in [0.2, 0.25) is 0 Å². The second-order valence-corrected chi connectivity index (χ2v) is 8.85. The van der Waals surface area contributed by atoms with Crippen LogP contribution < -0.4 is 9.47 Å². The summed E-state index contributed by atoms with van der Waals surface area (Å²) in [7, 11) is 1.64. The van der Waals surface area contributed by atoms with E-state index in [2.05, 4.69) is 4.98 Å². The lowest BCUT2D eigenvalue weighted by Crippen LogP contribution is -2.51. The third kappa shape index (κ3) is 5.53. The largest absolute Gasteiger partial charge is 0.497 e. The fourth-order valence-corrected chi connectivity index (χ4v) is 4.12. The Labute approximate surface area is 193 Å². The maximum atomic E-state index is 13.2. The maximum Gasteiger partial charge on any atom is 0.266 e. The molecule has 4 rings (SSSR count). The number of carbonyl (C=O) groups excluding carboxylic acids is 1. The molecule has 1 atom stereocenters. The van der Waals surface area contributed by atoms with Crippen molar-refractivity contribution in [3.05, 3.63) is 77.8 Å².